The SMILES string of the molecule is CC(=O)c1cc(C)nc(C2=C(C)CC[N+](C)(C)C2)c1. The molecular formula is C16H23N2O+. The number of Topliss-reactive ketones (excluding diaryl/α,β-unsaturated/α-hetero) is 1. The van der Waals surface area contributed by atoms with Crippen LogP contribution in [0.4, 0.5) is 0 Å². The lowest BCUT2D eigenvalue weighted by Gasteiger charge is -2.35. The van der Waals surface area contributed by atoms with E-state index in [1.807, 2.05) is 19.1 Å². The number of aryl methyl sites for hydroxylation is 1. The highest BCUT2D eigenvalue weighted by molar-refractivity contribution is 5.94. The van der Waals surface area contributed by atoms with Crippen LogP contribution in [-0.4, -0.2) is 42.4 Å². The lowest BCUT2D eigenvalue weighted by molar-refractivity contribution is -0.884. The molecule has 0 aromatic carbocycles. The molecule has 0 saturated carbocycles. The highest BCUT2D eigenvalue weighted by Gasteiger charge is 2.26. The van der Waals surface area contributed by atoms with E-state index in [9.17, 15) is 4.79 Å². The van der Waals surface area contributed by atoms with Crippen molar-refractivity contribution in [3.05, 3.63) is 34.7 Å². The van der Waals surface area contributed by atoms with Gasteiger partial charge in [0.2, 0.25) is 0 Å². The van der Waals surface area contributed by atoms with Gasteiger partial charge in [-0.25, -0.2) is 0 Å². The smallest absolute Gasteiger partial charge is 0.159 e. The van der Waals surface area contributed by atoms with Crippen LogP contribution in [0.1, 0.15) is 42.0 Å². The highest BCUT2D eigenvalue weighted by atomic mass is 16.1. The zero-order valence-corrected chi connectivity index (χ0v) is 12.6. The summed E-state index contributed by atoms with van der Waals surface area (Å²) in [5.41, 5.74) is 5.37. The first-order chi connectivity index (χ1) is 8.78. The second kappa shape index (κ2) is 4.89. The molecule has 0 unspecified atom stereocenters. The molecule has 2 heterocycles. The van der Waals surface area contributed by atoms with Crippen molar-refractivity contribution >= 4 is 11.4 Å². The molecule has 0 saturated heterocycles. The molecule has 0 aliphatic carbocycles. The Morgan fingerprint density at radius 3 is 2.58 bits per heavy atom. The molecule has 1 aromatic rings. The summed E-state index contributed by atoms with van der Waals surface area (Å²) in [7, 11) is 4.49. The molecule has 0 amide bonds. The Hall–Kier alpha value is -1.48. The molecule has 2 rings (SSSR count). The average molecular weight is 259 g/mol. The molecule has 0 N–H and O–H groups in total. The number of ketones is 1. The lowest BCUT2D eigenvalue weighted by atomic mass is 9.96. The largest absolute Gasteiger partial charge is 0.324 e. The van der Waals surface area contributed by atoms with Crippen molar-refractivity contribution in [3.8, 4) is 0 Å². The first-order valence-corrected chi connectivity index (χ1v) is 6.79. The summed E-state index contributed by atoms with van der Waals surface area (Å²) in [4.78, 5) is 16.2. The van der Waals surface area contributed by atoms with E-state index >= 15 is 0 Å². The van der Waals surface area contributed by atoms with E-state index in [1.165, 1.54) is 17.7 Å². The molecule has 19 heavy (non-hydrogen) atoms. The normalized spacial score (nSPS) is 18.6. The van der Waals surface area contributed by atoms with Crippen LogP contribution >= 0.6 is 0 Å². The summed E-state index contributed by atoms with van der Waals surface area (Å²) < 4.78 is 0.984. The van der Waals surface area contributed by atoms with E-state index < -0.39 is 0 Å². The van der Waals surface area contributed by atoms with Gasteiger partial charge in [0.1, 0.15) is 6.54 Å². The van der Waals surface area contributed by atoms with Gasteiger partial charge < -0.3 is 4.48 Å². The van der Waals surface area contributed by atoms with Crippen molar-refractivity contribution in [1.82, 2.24) is 4.98 Å². The van der Waals surface area contributed by atoms with E-state index in [2.05, 4.69) is 26.0 Å². The molecule has 0 spiro atoms. The summed E-state index contributed by atoms with van der Waals surface area (Å²) >= 11 is 0. The number of carbonyl (C=O) groups is 1. The van der Waals surface area contributed by atoms with Gasteiger partial charge in [-0.3, -0.25) is 9.78 Å². The maximum Gasteiger partial charge on any atom is 0.159 e. The number of rotatable bonds is 2. The van der Waals surface area contributed by atoms with E-state index in [4.69, 9.17) is 0 Å². The third kappa shape index (κ3) is 3.10. The number of pyridine rings is 1. The zero-order valence-electron chi connectivity index (χ0n) is 12.6. The number of hydrogen-bond acceptors (Lipinski definition) is 2. The summed E-state index contributed by atoms with van der Waals surface area (Å²) in [6.45, 7) is 7.90. The van der Waals surface area contributed by atoms with Crippen molar-refractivity contribution in [2.75, 3.05) is 27.2 Å². The molecule has 0 fully saturated rings. The Morgan fingerprint density at radius 2 is 1.95 bits per heavy atom. The van der Waals surface area contributed by atoms with Gasteiger partial charge in [-0.2, -0.15) is 0 Å². The Kier molecular flexibility index (Phi) is 3.59. The van der Waals surface area contributed by atoms with Gasteiger partial charge in [-0.05, 0) is 32.9 Å². The molecule has 102 valence electrons. The minimum Gasteiger partial charge on any atom is -0.324 e. The van der Waals surface area contributed by atoms with Gasteiger partial charge in [-0.1, -0.05) is 5.57 Å². The first-order valence-electron chi connectivity index (χ1n) is 6.79. The number of hydrogen-bond donors (Lipinski definition) is 0. The molecule has 3 heteroatoms. The quantitative estimate of drug-likeness (QED) is 0.604. The summed E-state index contributed by atoms with van der Waals surface area (Å²) in [6, 6.07) is 3.81. The summed E-state index contributed by atoms with van der Waals surface area (Å²) in [5.74, 6) is 0.106. The third-order valence-electron chi connectivity index (χ3n) is 3.86. The van der Waals surface area contributed by atoms with Crippen molar-refractivity contribution in [2.45, 2.75) is 27.2 Å². The van der Waals surface area contributed by atoms with Crippen molar-refractivity contribution < 1.29 is 9.28 Å². The van der Waals surface area contributed by atoms with Crippen LogP contribution in [0, 0.1) is 6.92 Å². The van der Waals surface area contributed by atoms with Crippen LogP contribution in [0.2, 0.25) is 0 Å². The van der Waals surface area contributed by atoms with Gasteiger partial charge in [0.15, 0.2) is 5.78 Å². The van der Waals surface area contributed by atoms with Gasteiger partial charge in [0.25, 0.3) is 0 Å². The number of quaternary nitrogens is 1. The fourth-order valence-corrected chi connectivity index (χ4v) is 2.59. The van der Waals surface area contributed by atoms with Crippen LogP contribution in [0.25, 0.3) is 5.57 Å². The maximum atomic E-state index is 11.6. The molecule has 1 aliphatic heterocycles. The molecule has 1 aromatic heterocycles. The fraction of sp³-hybridized carbons (Fsp3) is 0.500. The number of carbonyl (C=O) groups excluding carboxylic acids is 1. The van der Waals surface area contributed by atoms with Crippen LogP contribution in [0.15, 0.2) is 17.7 Å². The fourth-order valence-electron chi connectivity index (χ4n) is 2.59. The van der Waals surface area contributed by atoms with Crippen molar-refractivity contribution in [2.24, 2.45) is 0 Å². The molecule has 1 aliphatic rings. The van der Waals surface area contributed by atoms with Crippen molar-refractivity contribution in [1.29, 1.82) is 0 Å². The Labute approximate surface area is 115 Å². The topological polar surface area (TPSA) is 30.0 Å². The Balaban J connectivity index is 2.49. The molecular weight excluding hydrogens is 236 g/mol. The molecule has 0 bridgehead atoms. The van der Waals surface area contributed by atoms with Gasteiger partial charge >= 0.3 is 0 Å². The Bertz CT molecular complexity index is 556. The van der Waals surface area contributed by atoms with E-state index in [0.717, 1.165) is 34.4 Å². The number of likely N-dealkylation sites (N-methyl/N-ethyl adjacent to an activating group) is 1. The number of nitrogens with zero attached hydrogens (tertiary/aromatic N) is 2. The van der Waals surface area contributed by atoms with E-state index in [1.54, 1.807) is 6.92 Å². The predicted molar refractivity (Wildman–Crippen MR) is 78.0 cm³/mol. The standard InChI is InChI=1S/C16H23N2O/c1-11-6-7-18(4,5)10-15(11)16-9-14(13(3)19)8-12(2)17-16/h8-9H,6-7,10H2,1-5H3/q+1. The van der Waals surface area contributed by atoms with Crippen LogP contribution in [0.3, 0.4) is 0 Å². The molecule has 0 atom stereocenters. The van der Waals surface area contributed by atoms with Gasteiger partial charge in [0, 0.05) is 23.3 Å². The molecule has 3 nitrogen and oxygen atoms in total. The number of aromatic nitrogens is 1. The van der Waals surface area contributed by atoms with Crippen LogP contribution in [-0.2, 0) is 0 Å². The summed E-state index contributed by atoms with van der Waals surface area (Å²) in [6.07, 6.45) is 1.10. The second-order valence-electron chi connectivity index (χ2n) is 6.26. The minimum atomic E-state index is 0.106. The molecule has 0 radical (unpaired) electrons. The lowest BCUT2D eigenvalue weighted by Crippen LogP contribution is -2.44. The maximum absolute atomic E-state index is 11.6. The monoisotopic (exact) mass is 259 g/mol. The van der Waals surface area contributed by atoms with Crippen molar-refractivity contribution in [3.63, 3.8) is 0 Å². The Morgan fingerprint density at radius 1 is 1.26 bits per heavy atom. The first kappa shape index (κ1) is 13.9. The predicted octanol–water partition coefficient (Wildman–Crippen LogP) is 2.85. The van der Waals surface area contributed by atoms with Gasteiger partial charge in [0.05, 0.1) is 26.3 Å². The minimum absolute atomic E-state index is 0.106. The highest BCUT2D eigenvalue weighted by Crippen LogP contribution is 2.28. The average Bonchev–Trinajstić information content (AvgIpc) is 2.31. The van der Waals surface area contributed by atoms with E-state index in [0.29, 0.717) is 0 Å². The van der Waals surface area contributed by atoms with E-state index in [-0.39, 0.29) is 5.78 Å². The zero-order chi connectivity index (χ0) is 14.2. The van der Waals surface area contributed by atoms with Crippen LogP contribution < -0.4 is 0 Å². The summed E-state index contributed by atoms with van der Waals surface area (Å²) in [5, 5.41) is 0. The van der Waals surface area contributed by atoms with Crippen LogP contribution in [0.5, 0.6) is 0 Å². The third-order valence-corrected chi connectivity index (χ3v) is 3.86. The second-order valence-corrected chi connectivity index (χ2v) is 6.26. The van der Waals surface area contributed by atoms with Gasteiger partial charge in [-0.15, -0.1) is 0 Å².